The molecule has 3 nitrogen and oxygen atoms in total. The second kappa shape index (κ2) is 4.72. The van der Waals surface area contributed by atoms with Gasteiger partial charge in [0, 0.05) is 5.02 Å². The summed E-state index contributed by atoms with van der Waals surface area (Å²) >= 11 is 5.98. The lowest BCUT2D eigenvalue weighted by Crippen LogP contribution is -2.02. The number of hydrogen-bond acceptors (Lipinski definition) is 3. The van der Waals surface area contributed by atoms with Crippen LogP contribution in [-0.4, -0.2) is 0 Å². The number of halogens is 1. The van der Waals surface area contributed by atoms with Crippen molar-refractivity contribution in [3.8, 4) is 0 Å². The van der Waals surface area contributed by atoms with Crippen LogP contribution in [0.4, 0.5) is 11.4 Å². The predicted octanol–water partition coefficient (Wildman–Crippen LogP) is 3.74. The molecule has 3 N–H and O–H groups in total. The number of anilines is 2. The van der Waals surface area contributed by atoms with E-state index in [0.29, 0.717) is 17.3 Å². The number of hydrogen-bond donors (Lipinski definition) is 2. The van der Waals surface area contributed by atoms with Gasteiger partial charge in [0.25, 0.3) is 0 Å². The van der Waals surface area contributed by atoms with Crippen LogP contribution in [0, 0.1) is 13.8 Å². The lowest BCUT2D eigenvalue weighted by molar-refractivity contribution is 0.490. The second-order valence-corrected chi connectivity index (χ2v) is 4.46. The van der Waals surface area contributed by atoms with E-state index in [4.69, 9.17) is 21.8 Å². The Bertz CT molecular complexity index is 534. The van der Waals surface area contributed by atoms with Gasteiger partial charge in [0.15, 0.2) is 0 Å². The summed E-state index contributed by atoms with van der Waals surface area (Å²) in [5, 5.41) is 3.92. The summed E-state index contributed by atoms with van der Waals surface area (Å²) in [5.41, 5.74) is 8.40. The zero-order valence-electron chi connectivity index (χ0n) is 9.88. The van der Waals surface area contributed by atoms with Crippen LogP contribution in [0.1, 0.15) is 17.1 Å². The van der Waals surface area contributed by atoms with Crippen LogP contribution in [0.3, 0.4) is 0 Å². The molecular weight excluding hydrogens is 236 g/mol. The number of benzene rings is 1. The van der Waals surface area contributed by atoms with Crippen LogP contribution in [0.15, 0.2) is 28.7 Å². The maximum absolute atomic E-state index is 5.98. The minimum absolute atomic E-state index is 0.610. The lowest BCUT2D eigenvalue weighted by Gasteiger charge is -2.10. The average molecular weight is 251 g/mol. The van der Waals surface area contributed by atoms with Crippen molar-refractivity contribution in [1.29, 1.82) is 0 Å². The maximum atomic E-state index is 5.98. The van der Waals surface area contributed by atoms with Crippen molar-refractivity contribution in [2.24, 2.45) is 0 Å². The van der Waals surface area contributed by atoms with Crippen molar-refractivity contribution in [3.05, 3.63) is 46.4 Å². The van der Waals surface area contributed by atoms with Crippen LogP contribution in [0.2, 0.25) is 5.02 Å². The Hall–Kier alpha value is -1.61. The molecule has 1 aromatic carbocycles. The highest BCUT2D eigenvalue weighted by Gasteiger charge is 2.04. The van der Waals surface area contributed by atoms with Crippen LogP contribution >= 0.6 is 11.6 Å². The molecule has 1 heterocycles. The van der Waals surface area contributed by atoms with E-state index < -0.39 is 0 Å². The number of nitrogens with one attached hydrogen (secondary N) is 1. The molecule has 0 spiro atoms. The first kappa shape index (κ1) is 11.9. The van der Waals surface area contributed by atoms with E-state index in [0.717, 1.165) is 22.8 Å². The monoisotopic (exact) mass is 250 g/mol. The molecule has 4 heteroatoms. The van der Waals surface area contributed by atoms with Gasteiger partial charge in [-0.2, -0.15) is 0 Å². The molecule has 1 aromatic heterocycles. The van der Waals surface area contributed by atoms with E-state index in [1.807, 2.05) is 32.0 Å². The van der Waals surface area contributed by atoms with E-state index in [-0.39, 0.29) is 0 Å². The van der Waals surface area contributed by atoms with Crippen molar-refractivity contribution in [1.82, 2.24) is 0 Å². The van der Waals surface area contributed by atoms with Gasteiger partial charge in [-0.1, -0.05) is 11.6 Å². The first-order valence-corrected chi connectivity index (χ1v) is 5.79. The third-order valence-corrected chi connectivity index (χ3v) is 2.99. The Labute approximate surface area is 106 Å². The van der Waals surface area contributed by atoms with Crippen LogP contribution in [-0.2, 0) is 6.54 Å². The molecule has 0 fully saturated rings. The molecule has 0 aliphatic carbocycles. The van der Waals surface area contributed by atoms with Gasteiger partial charge in [0.1, 0.15) is 11.5 Å². The largest absolute Gasteiger partial charge is 0.465 e. The molecule has 90 valence electrons. The van der Waals surface area contributed by atoms with Crippen molar-refractivity contribution in [3.63, 3.8) is 0 Å². The van der Waals surface area contributed by atoms with Gasteiger partial charge in [-0.3, -0.25) is 0 Å². The highest BCUT2D eigenvalue weighted by Crippen LogP contribution is 2.27. The maximum Gasteiger partial charge on any atom is 0.123 e. The molecule has 0 amide bonds. The Morgan fingerprint density at radius 3 is 2.71 bits per heavy atom. The van der Waals surface area contributed by atoms with Crippen molar-refractivity contribution < 1.29 is 4.42 Å². The number of aryl methyl sites for hydroxylation is 2. The SMILES string of the molecule is Cc1ccc(CNc2cc(C)c(Cl)cc2N)o1. The molecule has 0 atom stereocenters. The van der Waals surface area contributed by atoms with E-state index in [2.05, 4.69) is 5.32 Å². The minimum atomic E-state index is 0.610. The quantitative estimate of drug-likeness (QED) is 0.816. The Morgan fingerprint density at radius 1 is 1.29 bits per heavy atom. The number of furan rings is 1. The number of nitrogen functional groups attached to an aromatic ring is 1. The van der Waals surface area contributed by atoms with Crippen LogP contribution in [0.25, 0.3) is 0 Å². The van der Waals surface area contributed by atoms with Gasteiger partial charge in [-0.05, 0) is 43.7 Å². The summed E-state index contributed by atoms with van der Waals surface area (Å²) in [5.74, 6) is 1.79. The molecule has 2 aromatic rings. The van der Waals surface area contributed by atoms with Crippen molar-refractivity contribution in [2.75, 3.05) is 11.1 Å². The third kappa shape index (κ3) is 2.74. The minimum Gasteiger partial charge on any atom is -0.465 e. The summed E-state index contributed by atoms with van der Waals surface area (Å²) < 4.78 is 5.47. The lowest BCUT2D eigenvalue weighted by atomic mass is 10.2. The Kier molecular flexibility index (Phi) is 3.29. The zero-order chi connectivity index (χ0) is 12.4. The van der Waals surface area contributed by atoms with E-state index in [9.17, 15) is 0 Å². The van der Waals surface area contributed by atoms with Gasteiger partial charge < -0.3 is 15.5 Å². The Morgan fingerprint density at radius 2 is 2.06 bits per heavy atom. The molecular formula is C13H15ClN2O. The second-order valence-electron chi connectivity index (χ2n) is 4.05. The molecule has 17 heavy (non-hydrogen) atoms. The fourth-order valence-electron chi connectivity index (χ4n) is 1.61. The van der Waals surface area contributed by atoms with Gasteiger partial charge >= 0.3 is 0 Å². The zero-order valence-corrected chi connectivity index (χ0v) is 10.6. The highest BCUT2D eigenvalue weighted by molar-refractivity contribution is 6.31. The van der Waals surface area contributed by atoms with Crippen LogP contribution < -0.4 is 11.1 Å². The molecule has 0 saturated carbocycles. The topological polar surface area (TPSA) is 51.2 Å². The van der Waals surface area contributed by atoms with Gasteiger partial charge in [0.2, 0.25) is 0 Å². The van der Waals surface area contributed by atoms with Gasteiger partial charge in [-0.15, -0.1) is 0 Å². The number of rotatable bonds is 3. The highest BCUT2D eigenvalue weighted by atomic mass is 35.5. The van der Waals surface area contributed by atoms with Gasteiger partial charge in [-0.25, -0.2) is 0 Å². The summed E-state index contributed by atoms with van der Waals surface area (Å²) in [7, 11) is 0. The van der Waals surface area contributed by atoms with Crippen LogP contribution in [0.5, 0.6) is 0 Å². The molecule has 0 bridgehead atoms. The third-order valence-electron chi connectivity index (χ3n) is 2.58. The molecule has 0 unspecified atom stereocenters. The molecule has 0 radical (unpaired) electrons. The Balaban J connectivity index is 2.11. The molecule has 0 aliphatic rings. The van der Waals surface area contributed by atoms with Gasteiger partial charge in [0.05, 0.1) is 17.9 Å². The summed E-state index contributed by atoms with van der Waals surface area (Å²) in [6.45, 7) is 4.48. The standard InChI is InChI=1S/C13H15ClN2O/c1-8-5-13(12(15)6-11(8)14)16-7-10-4-3-9(2)17-10/h3-6,16H,7,15H2,1-2H3. The van der Waals surface area contributed by atoms with Crippen molar-refractivity contribution in [2.45, 2.75) is 20.4 Å². The molecule has 0 saturated heterocycles. The molecule has 0 aliphatic heterocycles. The predicted molar refractivity (Wildman–Crippen MR) is 71.4 cm³/mol. The first-order valence-electron chi connectivity index (χ1n) is 5.41. The summed E-state index contributed by atoms with van der Waals surface area (Å²) in [6, 6.07) is 7.58. The smallest absolute Gasteiger partial charge is 0.123 e. The molecule has 2 rings (SSSR count). The van der Waals surface area contributed by atoms with E-state index in [1.165, 1.54) is 0 Å². The normalized spacial score (nSPS) is 10.5. The summed E-state index contributed by atoms with van der Waals surface area (Å²) in [6.07, 6.45) is 0. The van der Waals surface area contributed by atoms with E-state index >= 15 is 0 Å². The average Bonchev–Trinajstić information content (AvgIpc) is 2.68. The van der Waals surface area contributed by atoms with Crippen molar-refractivity contribution >= 4 is 23.0 Å². The summed E-state index contributed by atoms with van der Waals surface area (Å²) in [4.78, 5) is 0. The fraction of sp³-hybridized carbons (Fsp3) is 0.231. The number of nitrogens with two attached hydrogens (primary N) is 1. The fourth-order valence-corrected chi connectivity index (χ4v) is 1.78. The first-order chi connectivity index (χ1) is 8.06. The van der Waals surface area contributed by atoms with E-state index in [1.54, 1.807) is 6.07 Å².